The molecule has 0 saturated heterocycles. The molecule has 2 aromatic rings. The van der Waals surface area contributed by atoms with Crippen molar-refractivity contribution in [3.05, 3.63) is 36.2 Å². The second-order valence-electron chi connectivity index (χ2n) is 5.73. The molecule has 21 heavy (non-hydrogen) atoms. The topological polar surface area (TPSA) is 56.0 Å². The van der Waals surface area contributed by atoms with Gasteiger partial charge in [-0.15, -0.1) is 0 Å². The van der Waals surface area contributed by atoms with Gasteiger partial charge >= 0.3 is 0 Å². The fraction of sp³-hybridized carbons (Fsp3) is 0.533. The van der Waals surface area contributed by atoms with E-state index in [0.717, 1.165) is 5.82 Å². The molecule has 112 valence electrons. The van der Waals surface area contributed by atoms with Gasteiger partial charge in [-0.25, -0.2) is 4.98 Å². The van der Waals surface area contributed by atoms with Crippen LogP contribution in [-0.2, 0) is 13.6 Å². The van der Waals surface area contributed by atoms with Crippen LogP contribution in [0.15, 0.2) is 24.7 Å². The fourth-order valence-electron chi connectivity index (χ4n) is 2.85. The Kier molecular flexibility index (Phi) is 3.77. The van der Waals surface area contributed by atoms with Crippen molar-refractivity contribution in [2.75, 3.05) is 7.05 Å². The molecule has 2 aromatic heterocycles. The van der Waals surface area contributed by atoms with Gasteiger partial charge in [0.1, 0.15) is 11.5 Å². The third-order valence-electron chi connectivity index (χ3n) is 4.17. The highest BCUT2D eigenvalue weighted by Gasteiger charge is 2.21. The van der Waals surface area contributed by atoms with Gasteiger partial charge in [0.15, 0.2) is 0 Å². The van der Waals surface area contributed by atoms with Crippen LogP contribution in [0, 0.1) is 0 Å². The van der Waals surface area contributed by atoms with Gasteiger partial charge in [-0.3, -0.25) is 9.48 Å². The molecule has 1 amide bonds. The Hall–Kier alpha value is -2.11. The quantitative estimate of drug-likeness (QED) is 0.864. The SMILES string of the molecule is CN(Cc1nccn1C)C(=O)c1ccn(C2CCCC2)n1. The molecule has 1 fully saturated rings. The summed E-state index contributed by atoms with van der Waals surface area (Å²) in [4.78, 5) is 18.3. The molecule has 6 nitrogen and oxygen atoms in total. The van der Waals surface area contributed by atoms with Crippen LogP contribution in [0.5, 0.6) is 0 Å². The molecule has 0 spiro atoms. The predicted molar refractivity (Wildman–Crippen MR) is 78.7 cm³/mol. The maximum atomic E-state index is 12.4. The Balaban J connectivity index is 1.68. The summed E-state index contributed by atoms with van der Waals surface area (Å²) in [6.07, 6.45) is 10.4. The maximum Gasteiger partial charge on any atom is 0.274 e. The molecule has 0 atom stereocenters. The van der Waals surface area contributed by atoms with Crippen molar-refractivity contribution in [2.45, 2.75) is 38.3 Å². The number of amides is 1. The number of nitrogens with zero attached hydrogens (tertiary/aromatic N) is 5. The minimum Gasteiger partial charge on any atom is -0.337 e. The van der Waals surface area contributed by atoms with E-state index < -0.39 is 0 Å². The first kappa shape index (κ1) is 13.9. The summed E-state index contributed by atoms with van der Waals surface area (Å²) in [6.45, 7) is 0.485. The summed E-state index contributed by atoms with van der Waals surface area (Å²) in [7, 11) is 3.71. The molecule has 6 heteroatoms. The van der Waals surface area contributed by atoms with E-state index in [1.54, 1.807) is 18.1 Å². The number of imidazole rings is 1. The molecule has 0 radical (unpaired) electrons. The number of carbonyl (C=O) groups is 1. The molecule has 3 rings (SSSR count). The highest BCUT2D eigenvalue weighted by atomic mass is 16.2. The lowest BCUT2D eigenvalue weighted by molar-refractivity contribution is 0.0773. The highest BCUT2D eigenvalue weighted by Crippen LogP contribution is 2.28. The monoisotopic (exact) mass is 287 g/mol. The van der Waals surface area contributed by atoms with Crippen LogP contribution >= 0.6 is 0 Å². The number of carbonyl (C=O) groups excluding carboxylic acids is 1. The molecular weight excluding hydrogens is 266 g/mol. The van der Waals surface area contributed by atoms with Gasteiger partial charge < -0.3 is 9.47 Å². The summed E-state index contributed by atoms with van der Waals surface area (Å²) < 4.78 is 3.87. The number of rotatable bonds is 4. The van der Waals surface area contributed by atoms with Crippen molar-refractivity contribution in [1.29, 1.82) is 0 Å². The first-order chi connectivity index (χ1) is 10.1. The first-order valence-corrected chi connectivity index (χ1v) is 7.42. The minimum atomic E-state index is -0.0604. The highest BCUT2D eigenvalue weighted by molar-refractivity contribution is 5.91. The minimum absolute atomic E-state index is 0.0604. The van der Waals surface area contributed by atoms with E-state index in [4.69, 9.17) is 0 Å². The first-order valence-electron chi connectivity index (χ1n) is 7.42. The van der Waals surface area contributed by atoms with Crippen molar-refractivity contribution in [3.8, 4) is 0 Å². The molecular formula is C15H21N5O. The summed E-state index contributed by atoms with van der Waals surface area (Å²) >= 11 is 0. The Bertz CT molecular complexity index is 624. The zero-order valence-corrected chi connectivity index (χ0v) is 12.6. The smallest absolute Gasteiger partial charge is 0.274 e. The van der Waals surface area contributed by atoms with Crippen molar-refractivity contribution in [3.63, 3.8) is 0 Å². The predicted octanol–water partition coefficient (Wildman–Crippen LogP) is 2.00. The van der Waals surface area contributed by atoms with Gasteiger partial charge in [0, 0.05) is 32.7 Å². The third kappa shape index (κ3) is 2.84. The van der Waals surface area contributed by atoms with Crippen LogP contribution in [0.2, 0.25) is 0 Å². The van der Waals surface area contributed by atoms with E-state index in [1.807, 2.05) is 34.8 Å². The lowest BCUT2D eigenvalue weighted by Crippen LogP contribution is -2.28. The van der Waals surface area contributed by atoms with Gasteiger partial charge in [-0.2, -0.15) is 5.10 Å². The van der Waals surface area contributed by atoms with E-state index in [0.29, 0.717) is 18.3 Å². The molecule has 0 aromatic carbocycles. The van der Waals surface area contributed by atoms with Gasteiger partial charge in [-0.05, 0) is 18.9 Å². The van der Waals surface area contributed by atoms with Crippen molar-refractivity contribution in [1.82, 2.24) is 24.2 Å². The normalized spacial score (nSPS) is 15.5. The number of hydrogen-bond acceptors (Lipinski definition) is 3. The van der Waals surface area contributed by atoms with Crippen LogP contribution in [0.3, 0.4) is 0 Å². The van der Waals surface area contributed by atoms with E-state index in [2.05, 4.69) is 10.1 Å². The number of hydrogen-bond donors (Lipinski definition) is 0. The van der Waals surface area contributed by atoms with Crippen molar-refractivity contribution >= 4 is 5.91 Å². The van der Waals surface area contributed by atoms with E-state index in [-0.39, 0.29) is 5.91 Å². The van der Waals surface area contributed by atoms with Crippen molar-refractivity contribution < 1.29 is 4.79 Å². The Morgan fingerprint density at radius 3 is 2.81 bits per heavy atom. The Morgan fingerprint density at radius 1 is 1.38 bits per heavy atom. The third-order valence-corrected chi connectivity index (χ3v) is 4.17. The Morgan fingerprint density at radius 2 is 2.14 bits per heavy atom. The lowest BCUT2D eigenvalue weighted by atomic mass is 10.3. The van der Waals surface area contributed by atoms with Gasteiger partial charge in [0.25, 0.3) is 5.91 Å². The zero-order chi connectivity index (χ0) is 14.8. The van der Waals surface area contributed by atoms with Crippen molar-refractivity contribution in [2.24, 2.45) is 7.05 Å². The average Bonchev–Trinajstić information content (AvgIpc) is 3.18. The molecule has 1 aliphatic rings. The van der Waals surface area contributed by atoms with Crippen LogP contribution in [0.1, 0.15) is 48.0 Å². The van der Waals surface area contributed by atoms with Crippen LogP contribution in [-0.4, -0.2) is 37.2 Å². The van der Waals surface area contributed by atoms with Crippen LogP contribution in [0.4, 0.5) is 0 Å². The maximum absolute atomic E-state index is 12.4. The zero-order valence-electron chi connectivity index (χ0n) is 12.6. The van der Waals surface area contributed by atoms with Gasteiger partial charge in [0.05, 0.1) is 12.6 Å². The second-order valence-corrected chi connectivity index (χ2v) is 5.73. The van der Waals surface area contributed by atoms with E-state index in [1.165, 1.54) is 25.7 Å². The standard InChI is InChI=1S/C15H21N5O/c1-18-10-8-16-14(18)11-19(2)15(21)13-7-9-20(17-13)12-5-3-4-6-12/h7-10,12H,3-6,11H2,1-2H3. The fourth-order valence-corrected chi connectivity index (χ4v) is 2.85. The average molecular weight is 287 g/mol. The summed E-state index contributed by atoms with van der Waals surface area (Å²) in [5, 5.41) is 4.46. The molecule has 1 saturated carbocycles. The lowest BCUT2D eigenvalue weighted by Gasteiger charge is -2.15. The number of aromatic nitrogens is 4. The number of aryl methyl sites for hydroxylation is 1. The van der Waals surface area contributed by atoms with Gasteiger partial charge in [0.2, 0.25) is 0 Å². The largest absolute Gasteiger partial charge is 0.337 e. The van der Waals surface area contributed by atoms with Crippen LogP contribution in [0.25, 0.3) is 0 Å². The van der Waals surface area contributed by atoms with Gasteiger partial charge in [-0.1, -0.05) is 12.8 Å². The summed E-state index contributed by atoms with van der Waals surface area (Å²) in [6, 6.07) is 2.28. The van der Waals surface area contributed by atoms with E-state index in [9.17, 15) is 4.79 Å². The Labute approximate surface area is 124 Å². The molecule has 0 N–H and O–H groups in total. The second kappa shape index (κ2) is 5.71. The molecule has 0 aliphatic heterocycles. The molecule has 2 heterocycles. The molecule has 0 bridgehead atoms. The summed E-state index contributed by atoms with van der Waals surface area (Å²) in [5.41, 5.74) is 0.513. The van der Waals surface area contributed by atoms with E-state index >= 15 is 0 Å². The summed E-state index contributed by atoms with van der Waals surface area (Å²) in [5.74, 6) is 0.802. The molecule has 0 unspecified atom stereocenters. The molecule has 1 aliphatic carbocycles. The van der Waals surface area contributed by atoms with Crippen LogP contribution < -0.4 is 0 Å².